The zero-order chi connectivity index (χ0) is 12.8. The maximum Gasteiger partial charge on any atom is 0.222 e. The van der Waals surface area contributed by atoms with Crippen molar-refractivity contribution in [1.82, 2.24) is 4.90 Å². The Balaban J connectivity index is 1.74. The third kappa shape index (κ3) is 4.15. The van der Waals surface area contributed by atoms with Crippen molar-refractivity contribution in [2.45, 2.75) is 57.8 Å². The van der Waals surface area contributed by atoms with Crippen molar-refractivity contribution in [3.05, 3.63) is 0 Å². The average Bonchev–Trinajstić information content (AvgIpc) is 2.67. The van der Waals surface area contributed by atoms with E-state index < -0.39 is 0 Å². The second-order valence-electron chi connectivity index (χ2n) is 6.04. The third-order valence-corrected chi connectivity index (χ3v) is 5.06. The van der Waals surface area contributed by atoms with Crippen LogP contribution in [-0.2, 0) is 4.79 Å². The van der Waals surface area contributed by atoms with Gasteiger partial charge in [-0.1, -0.05) is 25.7 Å². The number of nitrogens with zero attached hydrogens (tertiary/aromatic N) is 1. The zero-order valence-electron chi connectivity index (χ0n) is 11.4. The van der Waals surface area contributed by atoms with E-state index in [2.05, 4.69) is 4.90 Å². The summed E-state index contributed by atoms with van der Waals surface area (Å²) in [6.45, 7) is 1.87. The van der Waals surface area contributed by atoms with E-state index in [1.165, 1.54) is 38.5 Å². The van der Waals surface area contributed by atoms with Gasteiger partial charge < -0.3 is 4.90 Å². The number of rotatable bonds is 3. The summed E-state index contributed by atoms with van der Waals surface area (Å²) < 4.78 is 0. The fourth-order valence-electron chi connectivity index (χ4n) is 3.28. The predicted octanol–water partition coefficient (Wildman–Crippen LogP) is 3.82. The third-order valence-electron chi connectivity index (χ3n) is 4.62. The molecule has 1 amide bonds. The highest BCUT2D eigenvalue weighted by Gasteiger charge is 2.24. The van der Waals surface area contributed by atoms with Gasteiger partial charge in [-0.05, 0) is 37.5 Å². The van der Waals surface area contributed by atoms with Crippen molar-refractivity contribution in [2.24, 2.45) is 11.8 Å². The first-order valence-corrected chi connectivity index (χ1v) is 8.17. The van der Waals surface area contributed by atoms with Gasteiger partial charge in [0.1, 0.15) is 0 Å². The Bertz CT molecular complexity index is 253. The molecular weight excluding hydrogens is 246 g/mol. The Labute approximate surface area is 116 Å². The maximum atomic E-state index is 12.3. The van der Waals surface area contributed by atoms with Crippen molar-refractivity contribution in [2.75, 3.05) is 19.0 Å². The molecule has 1 aliphatic carbocycles. The van der Waals surface area contributed by atoms with E-state index in [1.54, 1.807) is 0 Å². The molecule has 0 atom stereocenters. The summed E-state index contributed by atoms with van der Waals surface area (Å²) in [6, 6.07) is 0. The topological polar surface area (TPSA) is 20.3 Å². The van der Waals surface area contributed by atoms with E-state index in [0.29, 0.717) is 17.7 Å². The Hall–Kier alpha value is -0.240. The molecule has 2 fully saturated rings. The Kier molecular flexibility index (Phi) is 5.81. The first-order chi connectivity index (χ1) is 8.79. The standard InChI is InChI=1S/C15H26ClNO/c16-12-14-7-9-17(10-8-14)15(18)11-13-5-3-1-2-4-6-13/h13-14H,1-12H2. The highest BCUT2D eigenvalue weighted by molar-refractivity contribution is 6.18. The molecule has 1 saturated carbocycles. The van der Waals surface area contributed by atoms with E-state index in [9.17, 15) is 4.79 Å². The summed E-state index contributed by atoms with van der Waals surface area (Å²) in [4.78, 5) is 14.3. The Morgan fingerprint density at radius 2 is 1.56 bits per heavy atom. The van der Waals surface area contributed by atoms with Gasteiger partial charge in [0.2, 0.25) is 5.91 Å². The minimum absolute atomic E-state index is 0.398. The van der Waals surface area contributed by atoms with E-state index in [4.69, 9.17) is 11.6 Å². The molecule has 0 aromatic rings. The van der Waals surface area contributed by atoms with Crippen LogP contribution in [0.4, 0.5) is 0 Å². The van der Waals surface area contributed by atoms with Gasteiger partial charge in [-0.2, -0.15) is 0 Å². The fraction of sp³-hybridized carbons (Fsp3) is 0.933. The van der Waals surface area contributed by atoms with Gasteiger partial charge in [-0.25, -0.2) is 0 Å². The highest BCUT2D eigenvalue weighted by Crippen LogP contribution is 2.27. The molecule has 2 aliphatic rings. The van der Waals surface area contributed by atoms with Gasteiger partial charge in [0, 0.05) is 25.4 Å². The molecule has 1 saturated heterocycles. The van der Waals surface area contributed by atoms with Gasteiger partial charge in [0.05, 0.1) is 0 Å². The van der Waals surface area contributed by atoms with Gasteiger partial charge >= 0.3 is 0 Å². The van der Waals surface area contributed by atoms with Crippen LogP contribution in [0.2, 0.25) is 0 Å². The quantitative estimate of drug-likeness (QED) is 0.564. The summed E-state index contributed by atoms with van der Waals surface area (Å²) >= 11 is 5.88. The summed E-state index contributed by atoms with van der Waals surface area (Å²) in [5, 5.41) is 0. The molecule has 3 heteroatoms. The predicted molar refractivity (Wildman–Crippen MR) is 75.8 cm³/mol. The largest absolute Gasteiger partial charge is 0.343 e. The Morgan fingerprint density at radius 1 is 0.944 bits per heavy atom. The van der Waals surface area contributed by atoms with Crippen molar-refractivity contribution in [3.63, 3.8) is 0 Å². The average molecular weight is 272 g/mol. The van der Waals surface area contributed by atoms with Crippen molar-refractivity contribution < 1.29 is 4.79 Å². The lowest BCUT2D eigenvalue weighted by molar-refractivity contribution is -0.133. The highest BCUT2D eigenvalue weighted by atomic mass is 35.5. The zero-order valence-corrected chi connectivity index (χ0v) is 12.1. The number of piperidine rings is 1. The molecule has 0 aromatic carbocycles. The number of carbonyl (C=O) groups excluding carboxylic acids is 1. The second kappa shape index (κ2) is 7.37. The number of carbonyl (C=O) groups is 1. The normalized spacial score (nSPS) is 23.9. The van der Waals surface area contributed by atoms with Crippen LogP contribution >= 0.6 is 11.6 Å². The van der Waals surface area contributed by atoms with Crippen molar-refractivity contribution in [1.29, 1.82) is 0 Å². The lowest BCUT2D eigenvalue weighted by Gasteiger charge is -2.32. The lowest BCUT2D eigenvalue weighted by Crippen LogP contribution is -2.39. The number of amides is 1. The van der Waals surface area contributed by atoms with Crippen LogP contribution in [-0.4, -0.2) is 29.8 Å². The van der Waals surface area contributed by atoms with Crippen LogP contribution < -0.4 is 0 Å². The molecule has 2 rings (SSSR count). The first kappa shape index (κ1) is 14.2. The lowest BCUT2D eigenvalue weighted by atomic mass is 9.94. The van der Waals surface area contributed by atoms with Crippen LogP contribution in [0.25, 0.3) is 0 Å². The monoisotopic (exact) mass is 271 g/mol. The first-order valence-electron chi connectivity index (χ1n) is 7.63. The van der Waals surface area contributed by atoms with Crippen molar-refractivity contribution in [3.8, 4) is 0 Å². The SMILES string of the molecule is O=C(CC1CCCCCC1)N1CCC(CCl)CC1. The van der Waals surface area contributed by atoms with E-state index in [1.807, 2.05) is 0 Å². The Morgan fingerprint density at radius 3 is 2.11 bits per heavy atom. The minimum Gasteiger partial charge on any atom is -0.343 e. The molecule has 104 valence electrons. The number of hydrogen-bond acceptors (Lipinski definition) is 1. The molecule has 1 heterocycles. The number of likely N-dealkylation sites (tertiary alicyclic amines) is 1. The molecule has 2 nitrogen and oxygen atoms in total. The molecular formula is C15H26ClNO. The number of alkyl halides is 1. The van der Waals surface area contributed by atoms with Crippen molar-refractivity contribution >= 4 is 17.5 Å². The van der Waals surface area contributed by atoms with Crippen LogP contribution in [0.3, 0.4) is 0 Å². The summed E-state index contributed by atoms with van der Waals surface area (Å²) in [5.74, 6) is 2.44. The van der Waals surface area contributed by atoms with Crippen LogP contribution in [0, 0.1) is 11.8 Å². The molecule has 0 radical (unpaired) electrons. The van der Waals surface area contributed by atoms with Crippen LogP contribution in [0.1, 0.15) is 57.8 Å². The van der Waals surface area contributed by atoms with Crippen LogP contribution in [0.15, 0.2) is 0 Å². The summed E-state index contributed by atoms with van der Waals surface area (Å²) in [6.07, 6.45) is 10.9. The molecule has 0 unspecified atom stereocenters. The van der Waals surface area contributed by atoms with Gasteiger partial charge in [0.25, 0.3) is 0 Å². The summed E-state index contributed by atoms with van der Waals surface area (Å²) in [7, 11) is 0. The minimum atomic E-state index is 0.398. The van der Waals surface area contributed by atoms with Gasteiger partial charge in [-0.3, -0.25) is 4.79 Å². The molecule has 0 bridgehead atoms. The molecule has 0 aromatic heterocycles. The number of hydrogen-bond donors (Lipinski definition) is 0. The maximum absolute atomic E-state index is 12.3. The molecule has 18 heavy (non-hydrogen) atoms. The molecule has 0 N–H and O–H groups in total. The van der Waals surface area contributed by atoms with Gasteiger partial charge in [0.15, 0.2) is 0 Å². The smallest absolute Gasteiger partial charge is 0.222 e. The number of halogens is 1. The molecule has 0 spiro atoms. The van der Waals surface area contributed by atoms with E-state index >= 15 is 0 Å². The van der Waals surface area contributed by atoms with Crippen LogP contribution in [0.5, 0.6) is 0 Å². The van der Waals surface area contributed by atoms with Gasteiger partial charge in [-0.15, -0.1) is 11.6 Å². The summed E-state index contributed by atoms with van der Waals surface area (Å²) in [5.41, 5.74) is 0. The molecule has 1 aliphatic heterocycles. The fourth-order valence-corrected chi connectivity index (χ4v) is 3.59. The van der Waals surface area contributed by atoms with E-state index in [0.717, 1.165) is 38.2 Å². The van der Waals surface area contributed by atoms with E-state index in [-0.39, 0.29) is 0 Å². The second-order valence-corrected chi connectivity index (χ2v) is 6.35.